The molecule has 0 aliphatic carbocycles. The zero-order chi connectivity index (χ0) is 14.1. The molecule has 1 fully saturated rings. The highest BCUT2D eigenvalue weighted by Gasteiger charge is 2.23. The third kappa shape index (κ3) is 7.28. The van der Waals surface area contributed by atoms with E-state index in [-0.39, 0.29) is 29.9 Å². The number of piperidine rings is 1. The minimum absolute atomic E-state index is 0. The van der Waals surface area contributed by atoms with Crippen molar-refractivity contribution in [2.24, 2.45) is 16.6 Å². The van der Waals surface area contributed by atoms with E-state index < -0.39 is 0 Å². The maximum atomic E-state index is 11.0. The summed E-state index contributed by atoms with van der Waals surface area (Å²) in [6.45, 7) is 5.98. The lowest BCUT2D eigenvalue weighted by Gasteiger charge is -2.34. The fourth-order valence-electron chi connectivity index (χ4n) is 2.38. The van der Waals surface area contributed by atoms with Gasteiger partial charge in [0.25, 0.3) is 0 Å². The molecule has 0 radical (unpaired) electrons. The lowest BCUT2D eigenvalue weighted by Crippen LogP contribution is -2.47. The van der Waals surface area contributed by atoms with Gasteiger partial charge in [-0.3, -0.25) is 9.79 Å². The molecular weight excluding hydrogens is 371 g/mol. The highest BCUT2D eigenvalue weighted by Crippen LogP contribution is 2.19. The first-order chi connectivity index (χ1) is 9.17. The zero-order valence-corrected chi connectivity index (χ0v) is 14.8. The molecule has 3 N–H and O–H groups in total. The van der Waals surface area contributed by atoms with E-state index >= 15 is 0 Å². The quantitative estimate of drug-likeness (QED) is 0.300. The zero-order valence-electron chi connectivity index (χ0n) is 12.4. The van der Waals surface area contributed by atoms with E-state index in [0.29, 0.717) is 25.5 Å². The van der Waals surface area contributed by atoms with Crippen molar-refractivity contribution in [3.63, 3.8) is 0 Å². The van der Waals surface area contributed by atoms with Gasteiger partial charge in [-0.2, -0.15) is 0 Å². The van der Waals surface area contributed by atoms with Gasteiger partial charge in [0.05, 0.1) is 13.2 Å². The van der Waals surface area contributed by atoms with E-state index in [1.54, 1.807) is 7.11 Å². The van der Waals surface area contributed by atoms with Gasteiger partial charge >= 0.3 is 0 Å². The summed E-state index contributed by atoms with van der Waals surface area (Å²) in [5.41, 5.74) is 5.28. The Bertz CT molecular complexity index is 313. The molecule has 0 aromatic rings. The highest BCUT2D eigenvalue weighted by molar-refractivity contribution is 14.0. The van der Waals surface area contributed by atoms with Gasteiger partial charge < -0.3 is 20.7 Å². The SMILES string of the molecule is CCNC(=NCCOC)N1CCCC(CC(N)=O)C1.I. The normalized spacial score (nSPS) is 19.4. The van der Waals surface area contributed by atoms with Crippen LogP contribution in [0.15, 0.2) is 4.99 Å². The molecule has 1 aliphatic heterocycles. The first-order valence-corrected chi connectivity index (χ1v) is 6.97. The van der Waals surface area contributed by atoms with Crippen molar-refractivity contribution < 1.29 is 9.53 Å². The Morgan fingerprint density at radius 3 is 2.90 bits per heavy atom. The molecule has 1 amide bonds. The summed E-state index contributed by atoms with van der Waals surface area (Å²) >= 11 is 0. The Morgan fingerprint density at radius 1 is 1.55 bits per heavy atom. The number of guanidine groups is 1. The number of ether oxygens (including phenoxy) is 1. The number of methoxy groups -OCH3 is 1. The monoisotopic (exact) mass is 398 g/mol. The number of aliphatic imine (C=N–C) groups is 1. The number of rotatable bonds is 6. The second-order valence-corrected chi connectivity index (χ2v) is 4.85. The number of nitrogens with two attached hydrogens (primary N) is 1. The van der Waals surface area contributed by atoms with Crippen molar-refractivity contribution >= 4 is 35.8 Å². The van der Waals surface area contributed by atoms with Gasteiger partial charge in [0.15, 0.2) is 5.96 Å². The van der Waals surface area contributed by atoms with E-state index in [0.717, 1.165) is 38.4 Å². The van der Waals surface area contributed by atoms with Crippen LogP contribution in [-0.2, 0) is 9.53 Å². The van der Waals surface area contributed by atoms with Crippen molar-refractivity contribution in [1.29, 1.82) is 0 Å². The molecule has 0 aromatic heterocycles. The number of carbonyl (C=O) groups excluding carboxylic acids is 1. The van der Waals surface area contributed by atoms with Crippen molar-refractivity contribution in [1.82, 2.24) is 10.2 Å². The van der Waals surface area contributed by atoms with Gasteiger partial charge in [0.2, 0.25) is 5.91 Å². The maximum absolute atomic E-state index is 11.0. The third-order valence-corrected chi connectivity index (χ3v) is 3.20. The Morgan fingerprint density at radius 2 is 2.30 bits per heavy atom. The first kappa shape index (κ1) is 19.4. The standard InChI is InChI=1S/C13H26N4O2.HI/c1-3-15-13(16-6-8-19-2)17-7-4-5-11(10-17)9-12(14)18;/h11H,3-10H2,1-2H3,(H2,14,18)(H,15,16);1H. The summed E-state index contributed by atoms with van der Waals surface area (Å²) in [6.07, 6.45) is 2.61. The summed E-state index contributed by atoms with van der Waals surface area (Å²) < 4.78 is 5.02. The van der Waals surface area contributed by atoms with Gasteiger partial charge in [-0.1, -0.05) is 0 Å². The van der Waals surface area contributed by atoms with Gasteiger partial charge in [-0.15, -0.1) is 24.0 Å². The second kappa shape index (κ2) is 11.1. The summed E-state index contributed by atoms with van der Waals surface area (Å²) in [7, 11) is 1.67. The summed E-state index contributed by atoms with van der Waals surface area (Å²) in [5.74, 6) is 1.04. The molecule has 1 unspecified atom stereocenters. The predicted octanol–water partition coefficient (Wildman–Crippen LogP) is 0.804. The predicted molar refractivity (Wildman–Crippen MR) is 91.4 cm³/mol. The molecule has 7 heteroatoms. The average molecular weight is 398 g/mol. The number of carbonyl (C=O) groups is 1. The van der Waals surface area contributed by atoms with Crippen LogP contribution in [0.5, 0.6) is 0 Å². The molecule has 20 heavy (non-hydrogen) atoms. The lowest BCUT2D eigenvalue weighted by molar-refractivity contribution is -0.119. The Labute approximate surface area is 138 Å². The summed E-state index contributed by atoms with van der Waals surface area (Å²) in [6, 6.07) is 0. The number of hydrogen-bond donors (Lipinski definition) is 2. The van der Waals surface area contributed by atoms with Crippen LogP contribution < -0.4 is 11.1 Å². The Hall–Kier alpha value is -0.570. The van der Waals surface area contributed by atoms with Crippen LogP contribution in [0.1, 0.15) is 26.2 Å². The van der Waals surface area contributed by atoms with E-state index in [1.165, 1.54) is 0 Å². The molecule has 1 saturated heterocycles. The number of nitrogens with one attached hydrogen (secondary N) is 1. The van der Waals surface area contributed by atoms with Crippen molar-refractivity contribution in [2.45, 2.75) is 26.2 Å². The molecular formula is C13H27IN4O2. The number of likely N-dealkylation sites (tertiary alicyclic amines) is 1. The van der Waals surface area contributed by atoms with E-state index in [9.17, 15) is 4.79 Å². The third-order valence-electron chi connectivity index (χ3n) is 3.20. The van der Waals surface area contributed by atoms with Gasteiger partial charge in [-0.25, -0.2) is 0 Å². The highest BCUT2D eigenvalue weighted by atomic mass is 127. The molecule has 6 nitrogen and oxygen atoms in total. The molecule has 0 spiro atoms. The van der Waals surface area contributed by atoms with E-state index in [1.807, 2.05) is 0 Å². The fraction of sp³-hybridized carbons (Fsp3) is 0.846. The number of nitrogens with zero attached hydrogens (tertiary/aromatic N) is 2. The van der Waals surface area contributed by atoms with Crippen LogP contribution in [0.4, 0.5) is 0 Å². The van der Waals surface area contributed by atoms with E-state index in [4.69, 9.17) is 10.5 Å². The fourth-order valence-corrected chi connectivity index (χ4v) is 2.38. The molecule has 1 aliphatic rings. The molecule has 118 valence electrons. The van der Waals surface area contributed by atoms with Crippen LogP contribution in [0.25, 0.3) is 0 Å². The smallest absolute Gasteiger partial charge is 0.217 e. The van der Waals surface area contributed by atoms with Gasteiger partial charge in [-0.05, 0) is 25.7 Å². The maximum Gasteiger partial charge on any atom is 0.217 e. The van der Waals surface area contributed by atoms with Crippen LogP contribution in [0.3, 0.4) is 0 Å². The average Bonchev–Trinajstić information content (AvgIpc) is 2.37. The number of halogens is 1. The first-order valence-electron chi connectivity index (χ1n) is 6.97. The minimum Gasteiger partial charge on any atom is -0.383 e. The van der Waals surface area contributed by atoms with Crippen LogP contribution >= 0.6 is 24.0 Å². The minimum atomic E-state index is -0.215. The van der Waals surface area contributed by atoms with Crippen LogP contribution in [-0.4, -0.2) is 56.7 Å². The number of hydrogen-bond acceptors (Lipinski definition) is 3. The van der Waals surface area contributed by atoms with Gasteiger partial charge in [0, 0.05) is 33.2 Å². The van der Waals surface area contributed by atoms with Crippen LogP contribution in [0, 0.1) is 5.92 Å². The molecule has 0 aromatic carbocycles. The second-order valence-electron chi connectivity index (χ2n) is 4.85. The Kier molecular flexibility index (Phi) is 10.8. The number of primary amides is 1. The molecule has 1 heterocycles. The van der Waals surface area contributed by atoms with Gasteiger partial charge in [0.1, 0.15) is 0 Å². The molecule has 1 atom stereocenters. The summed E-state index contributed by atoms with van der Waals surface area (Å²) in [4.78, 5) is 17.8. The van der Waals surface area contributed by atoms with Crippen LogP contribution in [0.2, 0.25) is 0 Å². The van der Waals surface area contributed by atoms with Crippen molar-refractivity contribution in [2.75, 3.05) is 39.9 Å². The molecule has 1 rings (SSSR count). The lowest BCUT2D eigenvalue weighted by atomic mass is 9.95. The largest absolute Gasteiger partial charge is 0.383 e. The topological polar surface area (TPSA) is 80.0 Å². The Balaban J connectivity index is 0.00000361. The number of amides is 1. The van der Waals surface area contributed by atoms with Crippen molar-refractivity contribution in [3.8, 4) is 0 Å². The summed E-state index contributed by atoms with van der Waals surface area (Å²) in [5, 5.41) is 3.29. The molecule has 0 bridgehead atoms. The molecule has 0 saturated carbocycles. The van der Waals surface area contributed by atoms with E-state index in [2.05, 4.69) is 22.1 Å². The van der Waals surface area contributed by atoms with Crippen molar-refractivity contribution in [3.05, 3.63) is 0 Å².